The number of rotatable bonds is 6. The molecule has 0 aliphatic heterocycles. The van der Waals surface area contributed by atoms with Crippen molar-refractivity contribution in [2.75, 3.05) is 31.7 Å². The van der Waals surface area contributed by atoms with Crippen LogP contribution in [-0.2, 0) is 10.0 Å². The molecule has 0 saturated carbocycles. The summed E-state index contributed by atoms with van der Waals surface area (Å²) in [7, 11) is -1.54. The smallest absolute Gasteiger partial charge is 0.211 e. The largest absolute Gasteiger partial charge is 0.369 e. The number of likely N-dealkylation sites (N-methyl/N-ethyl adjacent to an activating group) is 1. The van der Waals surface area contributed by atoms with Gasteiger partial charge in [0.25, 0.3) is 0 Å². The zero-order valence-corrected chi connectivity index (χ0v) is 12.2. The lowest BCUT2D eigenvalue weighted by atomic mass is 10.1. The number of pyridine rings is 1. The summed E-state index contributed by atoms with van der Waals surface area (Å²) in [6, 6.07) is 3.98. The fourth-order valence-corrected chi connectivity index (χ4v) is 1.83. The summed E-state index contributed by atoms with van der Waals surface area (Å²) in [6.45, 7) is 5.21. The monoisotopic (exact) mass is 271 g/mol. The summed E-state index contributed by atoms with van der Waals surface area (Å²) < 4.78 is 23.7. The van der Waals surface area contributed by atoms with Crippen LogP contribution in [0.3, 0.4) is 0 Å². The molecule has 1 N–H and O–H groups in total. The summed E-state index contributed by atoms with van der Waals surface area (Å²) in [5.74, 6) is 1.23. The maximum Gasteiger partial charge on any atom is 0.211 e. The van der Waals surface area contributed by atoms with Crippen LogP contribution in [0.4, 0.5) is 5.82 Å². The average molecular weight is 271 g/mol. The minimum atomic E-state index is -3.11. The van der Waals surface area contributed by atoms with E-state index in [1.54, 1.807) is 13.2 Å². The summed E-state index contributed by atoms with van der Waals surface area (Å²) in [5.41, 5.74) is 1.21. The van der Waals surface area contributed by atoms with Gasteiger partial charge < -0.3 is 5.32 Å². The van der Waals surface area contributed by atoms with E-state index in [2.05, 4.69) is 24.1 Å². The fourth-order valence-electron chi connectivity index (χ4n) is 1.41. The molecule has 1 aromatic rings. The van der Waals surface area contributed by atoms with Gasteiger partial charge in [-0.05, 0) is 23.6 Å². The lowest BCUT2D eigenvalue weighted by Crippen LogP contribution is -2.30. The third kappa shape index (κ3) is 4.62. The Bertz CT molecular complexity index is 486. The predicted octanol–water partition coefficient (Wildman–Crippen LogP) is 1.51. The van der Waals surface area contributed by atoms with Gasteiger partial charge in [-0.3, -0.25) is 0 Å². The number of sulfonamides is 1. The molecule has 0 radical (unpaired) electrons. The second-order valence-corrected chi connectivity index (χ2v) is 6.73. The van der Waals surface area contributed by atoms with Gasteiger partial charge in [-0.25, -0.2) is 17.7 Å². The molecule has 5 nitrogen and oxygen atoms in total. The van der Waals surface area contributed by atoms with Crippen molar-refractivity contribution in [2.24, 2.45) is 0 Å². The zero-order valence-electron chi connectivity index (χ0n) is 11.3. The van der Waals surface area contributed by atoms with Gasteiger partial charge in [0.15, 0.2) is 0 Å². The SMILES string of the molecule is CC(C)c1ccnc(NCCN(C)S(C)(=O)=O)c1. The third-order valence-electron chi connectivity index (χ3n) is 2.75. The van der Waals surface area contributed by atoms with Gasteiger partial charge in [0.05, 0.1) is 6.26 Å². The summed E-state index contributed by atoms with van der Waals surface area (Å²) >= 11 is 0. The first-order valence-electron chi connectivity index (χ1n) is 5.92. The molecule has 102 valence electrons. The van der Waals surface area contributed by atoms with Crippen molar-refractivity contribution in [2.45, 2.75) is 19.8 Å². The van der Waals surface area contributed by atoms with Crippen molar-refractivity contribution in [3.63, 3.8) is 0 Å². The highest BCUT2D eigenvalue weighted by molar-refractivity contribution is 7.88. The van der Waals surface area contributed by atoms with Crippen LogP contribution < -0.4 is 5.32 Å². The van der Waals surface area contributed by atoms with E-state index in [0.717, 1.165) is 5.82 Å². The highest BCUT2D eigenvalue weighted by atomic mass is 32.2. The first-order chi connectivity index (χ1) is 8.30. The minimum absolute atomic E-state index is 0.423. The van der Waals surface area contributed by atoms with Crippen molar-refractivity contribution in [3.05, 3.63) is 23.9 Å². The third-order valence-corrected chi connectivity index (χ3v) is 4.06. The van der Waals surface area contributed by atoms with E-state index in [0.29, 0.717) is 19.0 Å². The molecule has 0 aliphatic rings. The Labute approximate surface area is 109 Å². The predicted molar refractivity (Wildman–Crippen MR) is 74.3 cm³/mol. The molecule has 0 spiro atoms. The minimum Gasteiger partial charge on any atom is -0.369 e. The van der Waals surface area contributed by atoms with Gasteiger partial charge in [0.1, 0.15) is 5.82 Å². The highest BCUT2D eigenvalue weighted by Gasteiger charge is 2.09. The normalized spacial score (nSPS) is 12.1. The first kappa shape index (κ1) is 14.9. The quantitative estimate of drug-likeness (QED) is 0.852. The molecule has 0 atom stereocenters. The van der Waals surface area contributed by atoms with Gasteiger partial charge in [0, 0.05) is 26.3 Å². The Kier molecular flexibility index (Phi) is 5.10. The van der Waals surface area contributed by atoms with E-state index in [1.807, 2.05) is 12.1 Å². The molecule has 0 aliphatic carbocycles. The summed E-state index contributed by atoms with van der Waals surface area (Å²) in [5, 5.41) is 3.13. The number of nitrogens with zero attached hydrogens (tertiary/aromatic N) is 2. The van der Waals surface area contributed by atoms with Gasteiger partial charge in [0.2, 0.25) is 10.0 Å². The van der Waals surface area contributed by atoms with Crippen LogP contribution in [0.15, 0.2) is 18.3 Å². The second-order valence-electron chi connectivity index (χ2n) is 4.64. The van der Waals surface area contributed by atoms with Crippen LogP contribution in [0.2, 0.25) is 0 Å². The summed E-state index contributed by atoms with van der Waals surface area (Å²) in [6.07, 6.45) is 2.96. The lowest BCUT2D eigenvalue weighted by Gasteiger charge is -2.15. The first-order valence-corrected chi connectivity index (χ1v) is 7.76. The second kappa shape index (κ2) is 6.15. The Morgan fingerprint density at radius 3 is 2.67 bits per heavy atom. The number of hydrogen-bond acceptors (Lipinski definition) is 4. The van der Waals surface area contributed by atoms with Crippen molar-refractivity contribution >= 4 is 15.8 Å². The van der Waals surface area contributed by atoms with E-state index in [9.17, 15) is 8.42 Å². The molecule has 1 rings (SSSR count). The molecule has 18 heavy (non-hydrogen) atoms. The molecule has 0 unspecified atom stereocenters. The van der Waals surface area contributed by atoms with Crippen molar-refractivity contribution in [3.8, 4) is 0 Å². The molecular weight excluding hydrogens is 250 g/mol. The molecule has 1 aromatic heterocycles. The molecule has 0 saturated heterocycles. The van der Waals surface area contributed by atoms with Gasteiger partial charge in [-0.15, -0.1) is 0 Å². The van der Waals surface area contributed by atoms with Crippen molar-refractivity contribution in [1.29, 1.82) is 0 Å². The number of hydrogen-bond donors (Lipinski definition) is 1. The van der Waals surface area contributed by atoms with Crippen LogP contribution >= 0.6 is 0 Å². The van der Waals surface area contributed by atoms with E-state index in [-0.39, 0.29) is 0 Å². The maximum absolute atomic E-state index is 11.2. The molecule has 0 fully saturated rings. The molecule has 6 heteroatoms. The summed E-state index contributed by atoms with van der Waals surface area (Å²) in [4.78, 5) is 4.20. The zero-order chi connectivity index (χ0) is 13.8. The fraction of sp³-hybridized carbons (Fsp3) is 0.583. The number of aromatic nitrogens is 1. The average Bonchev–Trinajstić information content (AvgIpc) is 2.28. The van der Waals surface area contributed by atoms with Crippen LogP contribution in [0.5, 0.6) is 0 Å². The Balaban J connectivity index is 2.52. The maximum atomic E-state index is 11.2. The van der Waals surface area contributed by atoms with Crippen LogP contribution in [-0.4, -0.2) is 44.1 Å². The Morgan fingerprint density at radius 1 is 1.44 bits per heavy atom. The standard InChI is InChI=1S/C12H21N3O2S/c1-10(2)11-5-6-13-12(9-11)14-7-8-15(3)18(4,16)17/h5-6,9-10H,7-8H2,1-4H3,(H,13,14). The van der Waals surface area contributed by atoms with Gasteiger partial charge in [-0.1, -0.05) is 13.8 Å². The van der Waals surface area contributed by atoms with Crippen molar-refractivity contribution < 1.29 is 8.42 Å². The molecule has 0 aromatic carbocycles. The van der Waals surface area contributed by atoms with E-state index < -0.39 is 10.0 Å². The lowest BCUT2D eigenvalue weighted by molar-refractivity contribution is 0.486. The topological polar surface area (TPSA) is 62.3 Å². The van der Waals surface area contributed by atoms with E-state index in [1.165, 1.54) is 16.1 Å². The number of nitrogens with one attached hydrogen (secondary N) is 1. The molecule has 1 heterocycles. The number of anilines is 1. The highest BCUT2D eigenvalue weighted by Crippen LogP contribution is 2.16. The molecular formula is C12H21N3O2S. The Hall–Kier alpha value is -1.14. The van der Waals surface area contributed by atoms with Crippen LogP contribution in [0.25, 0.3) is 0 Å². The Morgan fingerprint density at radius 2 is 2.11 bits per heavy atom. The molecule has 0 amide bonds. The van der Waals surface area contributed by atoms with E-state index >= 15 is 0 Å². The van der Waals surface area contributed by atoms with Crippen molar-refractivity contribution in [1.82, 2.24) is 9.29 Å². The van der Waals surface area contributed by atoms with Crippen LogP contribution in [0.1, 0.15) is 25.3 Å². The van der Waals surface area contributed by atoms with Gasteiger partial charge >= 0.3 is 0 Å². The van der Waals surface area contributed by atoms with E-state index in [4.69, 9.17) is 0 Å². The van der Waals surface area contributed by atoms with Gasteiger partial charge in [-0.2, -0.15) is 0 Å². The van der Waals surface area contributed by atoms with Crippen LogP contribution in [0, 0.1) is 0 Å². The molecule has 0 bridgehead atoms.